The molecular formula is C18H18FN3O4S. The maximum atomic E-state index is 13.9. The van der Waals surface area contributed by atoms with Crippen LogP contribution in [0.2, 0.25) is 0 Å². The molecule has 0 aromatic heterocycles. The molecule has 3 rings (SSSR count). The molecule has 1 heterocycles. The minimum absolute atomic E-state index is 0.0244. The van der Waals surface area contributed by atoms with Crippen LogP contribution in [-0.2, 0) is 26.0 Å². The van der Waals surface area contributed by atoms with Crippen molar-refractivity contribution in [1.29, 1.82) is 0 Å². The lowest BCUT2D eigenvalue weighted by Gasteiger charge is -2.16. The monoisotopic (exact) mass is 391 g/mol. The van der Waals surface area contributed by atoms with Crippen LogP contribution >= 0.6 is 0 Å². The number of nitrogens with zero attached hydrogens (tertiary/aromatic N) is 1. The van der Waals surface area contributed by atoms with Crippen molar-refractivity contribution in [2.24, 2.45) is 5.14 Å². The van der Waals surface area contributed by atoms with Crippen LogP contribution in [0.5, 0.6) is 0 Å². The molecule has 1 fully saturated rings. The summed E-state index contributed by atoms with van der Waals surface area (Å²) in [5.41, 5.74) is 0.799. The Bertz CT molecular complexity index is 976. The fraction of sp³-hybridized carbons (Fsp3) is 0.222. The molecule has 0 saturated carbocycles. The number of rotatable bonds is 6. The van der Waals surface area contributed by atoms with Crippen molar-refractivity contribution in [2.45, 2.75) is 23.8 Å². The Kier molecular flexibility index (Phi) is 5.36. The first kappa shape index (κ1) is 19.2. The summed E-state index contributed by atoms with van der Waals surface area (Å²) < 4.78 is 36.4. The van der Waals surface area contributed by atoms with Gasteiger partial charge in [0.1, 0.15) is 5.82 Å². The molecular weight excluding hydrogens is 373 g/mol. The zero-order chi connectivity index (χ0) is 19.6. The lowest BCUT2D eigenvalue weighted by molar-refractivity contribution is -0.121. The minimum Gasteiger partial charge on any atom is -0.305 e. The van der Waals surface area contributed by atoms with Crippen LogP contribution in [0, 0.1) is 5.82 Å². The molecule has 1 atom stereocenters. The van der Waals surface area contributed by atoms with Crippen LogP contribution in [-0.4, -0.2) is 32.8 Å². The smallest absolute Gasteiger partial charge is 0.251 e. The highest BCUT2D eigenvalue weighted by Crippen LogP contribution is 2.25. The van der Waals surface area contributed by atoms with E-state index in [2.05, 4.69) is 5.32 Å². The van der Waals surface area contributed by atoms with E-state index >= 15 is 0 Å². The number of primary sulfonamides is 1. The van der Waals surface area contributed by atoms with E-state index in [0.29, 0.717) is 13.0 Å². The number of anilines is 1. The zero-order valence-electron chi connectivity index (χ0n) is 14.3. The Morgan fingerprint density at radius 3 is 2.41 bits per heavy atom. The van der Waals surface area contributed by atoms with Gasteiger partial charge in [-0.2, -0.15) is 0 Å². The number of carbonyl (C=O) groups is 2. The van der Waals surface area contributed by atoms with E-state index in [9.17, 15) is 22.4 Å². The summed E-state index contributed by atoms with van der Waals surface area (Å²) in [7, 11) is -3.74. The van der Waals surface area contributed by atoms with Crippen molar-refractivity contribution in [3.63, 3.8) is 0 Å². The van der Waals surface area contributed by atoms with Gasteiger partial charge in [0.15, 0.2) is 0 Å². The van der Waals surface area contributed by atoms with E-state index in [4.69, 9.17) is 5.14 Å². The van der Waals surface area contributed by atoms with Gasteiger partial charge in [-0.25, -0.2) is 22.8 Å². The van der Waals surface area contributed by atoms with Gasteiger partial charge in [-0.1, -0.05) is 24.3 Å². The topological polar surface area (TPSA) is 110 Å². The molecule has 27 heavy (non-hydrogen) atoms. The lowest BCUT2D eigenvalue weighted by Crippen LogP contribution is -2.39. The molecule has 0 spiro atoms. The van der Waals surface area contributed by atoms with Crippen molar-refractivity contribution in [3.8, 4) is 0 Å². The van der Waals surface area contributed by atoms with Crippen molar-refractivity contribution < 1.29 is 22.4 Å². The Morgan fingerprint density at radius 1 is 1.11 bits per heavy atom. The third-order valence-electron chi connectivity index (χ3n) is 4.30. The normalized spacial score (nSPS) is 17.6. The molecule has 0 bridgehead atoms. The highest BCUT2D eigenvalue weighted by atomic mass is 32.2. The molecule has 1 saturated heterocycles. The van der Waals surface area contributed by atoms with Gasteiger partial charge in [0.2, 0.25) is 15.9 Å². The van der Waals surface area contributed by atoms with E-state index in [0.717, 1.165) is 10.5 Å². The number of hydrogen-bond donors (Lipinski definition) is 2. The molecule has 1 aliphatic rings. The fourth-order valence-corrected chi connectivity index (χ4v) is 3.43. The number of nitrogens with two attached hydrogens (primary N) is 1. The Balaban J connectivity index is 1.60. The second kappa shape index (κ2) is 7.55. The van der Waals surface area contributed by atoms with Gasteiger partial charge in [0.25, 0.3) is 5.91 Å². The Hall–Kier alpha value is -2.62. The van der Waals surface area contributed by atoms with E-state index in [1.54, 1.807) is 18.2 Å². The third kappa shape index (κ3) is 4.21. The van der Waals surface area contributed by atoms with Crippen molar-refractivity contribution in [2.75, 3.05) is 11.4 Å². The summed E-state index contributed by atoms with van der Waals surface area (Å²) in [4.78, 5) is 25.5. The maximum absolute atomic E-state index is 13.9. The lowest BCUT2D eigenvalue weighted by atomic mass is 10.1. The Labute approximate surface area is 156 Å². The molecule has 142 valence electrons. The highest BCUT2D eigenvalue weighted by molar-refractivity contribution is 7.89. The molecule has 0 radical (unpaired) electrons. The number of imide groups is 1. The van der Waals surface area contributed by atoms with Crippen molar-refractivity contribution in [1.82, 2.24) is 5.32 Å². The average molecular weight is 391 g/mol. The molecule has 2 amide bonds. The molecule has 1 unspecified atom stereocenters. The maximum Gasteiger partial charge on any atom is 0.251 e. The Morgan fingerprint density at radius 2 is 1.78 bits per heavy atom. The predicted octanol–water partition coefficient (Wildman–Crippen LogP) is 0.937. The molecule has 2 aromatic rings. The van der Waals surface area contributed by atoms with Gasteiger partial charge in [0, 0.05) is 0 Å². The highest BCUT2D eigenvalue weighted by Gasteiger charge is 2.40. The summed E-state index contributed by atoms with van der Waals surface area (Å²) in [6.07, 6.45) is 0.472. The van der Waals surface area contributed by atoms with Gasteiger partial charge in [-0.05, 0) is 42.8 Å². The molecule has 3 N–H and O–H groups in total. The first-order chi connectivity index (χ1) is 12.8. The number of carbonyl (C=O) groups excluding carboxylic acids is 2. The molecule has 7 nitrogen and oxygen atoms in total. The molecule has 9 heteroatoms. The quantitative estimate of drug-likeness (QED) is 0.712. The third-order valence-corrected chi connectivity index (χ3v) is 5.23. The number of benzene rings is 2. The van der Waals surface area contributed by atoms with Crippen LogP contribution in [0.3, 0.4) is 0 Å². The van der Waals surface area contributed by atoms with Crippen LogP contribution in [0.4, 0.5) is 10.1 Å². The van der Waals surface area contributed by atoms with Crippen LogP contribution in [0.1, 0.15) is 12.0 Å². The van der Waals surface area contributed by atoms with E-state index < -0.39 is 33.7 Å². The van der Waals surface area contributed by atoms with Crippen molar-refractivity contribution in [3.05, 3.63) is 59.9 Å². The van der Waals surface area contributed by atoms with Gasteiger partial charge in [0.05, 0.1) is 23.0 Å². The largest absolute Gasteiger partial charge is 0.305 e. The first-order valence-electron chi connectivity index (χ1n) is 8.24. The first-order valence-corrected chi connectivity index (χ1v) is 9.78. The molecule has 2 aromatic carbocycles. The summed E-state index contributed by atoms with van der Waals surface area (Å²) >= 11 is 0. The number of hydrogen-bond acceptors (Lipinski definition) is 5. The average Bonchev–Trinajstić information content (AvgIpc) is 2.89. The summed E-state index contributed by atoms with van der Waals surface area (Å²) in [6, 6.07) is 11.0. The fourth-order valence-electron chi connectivity index (χ4n) is 2.91. The van der Waals surface area contributed by atoms with Crippen LogP contribution < -0.4 is 15.4 Å². The van der Waals surface area contributed by atoms with E-state index in [1.807, 2.05) is 0 Å². The van der Waals surface area contributed by atoms with Gasteiger partial charge in [-0.15, -0.1) is 0 Å². The van der Waals surface area contributed by atoms with Gasteiger partial charge < -0.3 is 5.32 Å². The molecule has 0 aliphatic carbocycles. The number of para-hydroxylation sites is 1. The minimum atomic E-state index is -3.74. The van der Waals surface area contributed by atoms with Crippen molar-refractivity contribution >= 4 is 27.5 Å². The number of halogens is 1. The van der Waals surface area contributed by atoms with E-state index in [-0.39, 0.29) is 17.0 Å². The van der Waals surface area contributed by atoms with Crippen LogP contribution in [0.25, 0.3) is 0 Å². The second-order valence-electron chi connectivity index (χ2n) is 6.17. The summed E-state index contributed by atoms with van der Waals surface area (Å²) in [5.74, 6) is -1.58. The number of amides is 2. The standard InChI is InChI=1S/C18H18FN3O4S/c19-14-3-1-2-4-16(14)22-17(23)11-15(18(22)24)21-10-9-12-5-7-13(8-6-12)27(20,25)26/h1-8,15,21H,9-11H2,(H2,20,25,26). The summed E-state index contributed by atoms with van der Waals surface area (Å²) in [6.45, 7) is 0.392. The van der Waals surface area contributed by atoms with Gasteiger partial charge in [-0.3, -0.25) is 9.59 Å². The predicted molar refractivity (Wildman–Crippen MR) is 96.8 cm³/mol. The second-order valence-corrected chi connectivity index (χ2v) is 7.73. The molecule has 1 aliphatic heterocycles. The van der Waals surface area contributed by atoms with Crippen LogP contribution in [0.15, 0.2) is 53.4 Å². The SMILES string of the molecule is NS(=O)(=O)c1ccc(CCNC2CC(=O)N(c3ccccc3F)C2=O)cc1. The summed E-state index contributed by atoms with van der Waals surface area (Å²) in [5, 5.41) is 8.05. The zero-order valence-corrected chi connectivity index (χ0v) is 15.1. The number of nitrogens with one attached hydrogen (secondary N) is 1. The van der Waals surface area contributed by atoms with E-state index in [1.165, 1.54) is 30.3 Å². The number of sulfonamides is 1. The van der Waals surface area contributed by atoms with Gasteiger partial charge >= 0.3 is 0 Å².